The number of hydrogen-bond acceptors (Lipinski definition) is 4. The molecule has 0 spiro atoms. The normalized spacial score (nSPS) is 16.4. The summed E-state index contributed by atoms with van der Waals surface area (Å²) in [6.07, 6.45) is 2.33. The molecule has 2 heterocycles. The Kier molecular flexibility index (Phi) is 5.51. The first kappa shape index (κ1) is 17.9. The summed E-state index contributed by atoms with van der Waals surface area (Å²) in [7, 11) is 0. The molecule has 1 aliphatic rings. The van der Waals surface area contributed by atoms with Gasteiger partial charge in [0.2, 0.25) is 0 Å². The lowest BCUT2D eigenvalue weighted by molar-refractivity contribution is -0.123. The third kappa shape index (κ3) is 4.59. The average molecular weight is 353 g/mol. The van der Waals surface area contributed by atoms with Crippen LogP contribution in [-0.4, -0.2) is 47.4 Å². The molecule has 6 nitrogen and oxygen atoms in total. The van der Waals surface area contributed by atoms with E-state index in [1.165, 1.54) is 0 Å². The molecule has 26 heavy (non-hydrogen) atoms. The summed E-state index contributed by atoms with van der Waals surface area (Å²) in [6.45, 7) is 4.95. The maximum atomic E-state index is 12.5. The predicted octanol–water partition coefficient (Wildman–Crippen LogP) is 2.11. The quantitative estimate of drug-likeness (QED) is 0.894. The van der Waals surface area contributed by atoms with Gasteiger partial charge >= 0.3 is 0 Å². The van der Waals surface area contributed by atoms with E-state index in [1.807, 2.05) is 44.2 Å². The van der Waals surface area contributed by atoms with E-state index in [2.05, 4.69) is 10.3 Å². The summed E-state index contributed by atoms with van der Waals surface area (Å²) in [5.74, 6) is 0.448. The minimum Gasteiger partial charge on any atom is -0.484 e. The van der Waals surface area contributed by atoms with Crippen molar-refractivity contribution in [1.29, 1.82) is 0 Å². The fourth-order valence-electron chi connectivity index (χ4n) is 2.96. The van der Waals surface area contributed by atoms with Crippen LogP contribution in [0.5, 0.6) is 5.75 Å². The van der Waals surface area contributed by atoms with Crippen molar-refractivity contribution in [1.82, 2.24) is 15.2 Å². The van der Waals surface area contributed by atoms with Gasteiger partial charge in [0.25, 0.3) is 11.8 Å². The van der Waals surface area contributed by atoms with Gasteiger partial charge in [0.05, 0.1) is 5.56 Å². The van der Waals surface area contributed by atoms with Crippen LogP contribution in [0.3, 0.4) is 0 Å². The molecule has 1 N–H and O–H groups in total. The molecule has 1 fully saturated rings. The van der Waals surface area contributed by atoms with Crippen LogP contribution in [0.15, 0.2) is 42.6 Å². The third-order valence-corrected chi connectivity index (χ3v) is 4.36. The molecule has 2 aromatic rings. The number of nitrogens with zero attached hydrogens (tertiary/aromatic N) is 2. The highest BCUT2D eigenvalue weighted by molar-refractivity contribution is 5.94. The average Bonchev–Trinajstić information content (AvgIpc) is 3.08. The molecule has 1 atom stereocenters. The molecule has 0 bridgehead atoms. The summed E-state index contributed by atoms with van der Waals surface area (Å²) in [5.41, 5.74) is 2.53. The standard InChI is InChI=1S/C20H23N3O3/c1-14-4-3-5-18(10-14)26-13-19(24)22-17-8-9-23(12-17)20(25)16-7-6-15(2)21-11-16/h3-7,10-11,17H,8-9,12-13H2,1-2H3,(H,22,24)/t17-/m1/s1. The first-order valence-corrected chi connectivity index (χ1v) is 8.72. The lowest BCUT2D eigenvalue weighted by atomic mass is 10.2. The first-order chi connectivity index (χ1) is 12.5. The lowest BCUT2D eigenvalue weighted by Crippen LogP contribution is -2.40. The number of carbonyl (C=O) groups excluding carboxylic acids is 2. The summed E-state index contributed by atoms with van der Waals surface area (Å²) in [5, 5.41) is 2.94. The molecule has 1 saturated heterocycles. The van der Waals surface area contributed by atoms with Gasteiger partial charge in [-0.2, -0.15) is 0 Å². The molecule has 1 aromatic heterocycles. The number of amides is 2. The maximum Gasteiger partial charge on any atom is 0.258 e. The van der Waals surface area contributed by atoms with E-state index < -0.39 is 0 Å². The second-order valence-electron chi connectivity index (χ2n) is 6.60. The van der Waals surface area contributed by atoms with Gasteiger partial charge in [0, 0.05) is 31.0 Å². The number of aryl methyl sites for hydroxylation is 2. The minimum atomic E-state index is -0.178. The van der Waals surface area contributed by atoms with E-state index >= 15 is 0 Å². The van der Waals surface area contributed by atoms with Crippen molar-refractivity contribution in [3.8, 4) is 5.75 Å². The van der Waals surface area contributed by atoms with Crippen molar-refractivity contribution in [3.05, 3.63) is 59.4 Å². The van der Waals surface area contributed by atoms with Crippen molar-refractivity contribution in [2.45, 2.75) is 26.3 Å². The van der Waals surface area contributed by atoms with E-state index in [4.69, 9.17) is 4.74 Å². The van der Waals surface area contributed by atoms with Gasteiger partial charge in [-0.1, -0.05) is 12.1 Å². The Bertz CT molecular complexity index is 789. The molecule has 136 valence electrons. The van der Waals surface area contributed by atoms with Crippen molar-refractivity contribution >= 4 is 11.8 Å². The number of likely N-dealkylation sites (tertiary alicyclic amines) is 1. The zero-order valence-electron chi connectivity index (χ0n) is 15.1. The van der Waals surface area contributed by atoms with Crippen molar-refractivity contribution in [2.24, 2.45) is 0 Å². The first-order valence-electron chi connectivity index (χ1n) is 8.72. The van der Waals surface area contributed by atoms with Gasteiger partial charge in [-0.15, -0.1) is 0 Å². The number of carbonyl (C=O) groups is 2. The van der Waals surface area contributed by atoms with E-state index in [9.17, 15) is 9.59 Å². The Labute approximate surface area is 153 Å². The van der Waals surface area contributed by atoms with Gasteiger partial charge in [0.15, 0.2) is 6.61 Å². The number of nitrogens with one attached hydrogen (secondary N) is 1. The summed E-state index contributed by atoms with van der Waals surface area (Å²) in [6, 6.07) is 11.1. The van der Waals surface area contributed by atoms with Crippen LogP contribution in [0, 0.1) is 13.8 Å². The van der Waals surface area contributed by atoms with Crippen LogP contribution in [-0.2, 0) is 4.79 Å². The number of hydrogen-bond donors (Lipinski definition) is 1. The highest BCUT2D eigenvalue weighted by Gasteiger charge is 2.28. The van der Waals surface area contributed by atoms with Gasteiger partial charge in [-0.25, -0.2) is 0 Å². The van der Waals surface area contributed by atoms with Crippen molar-refractivity contribution < 1.29 is 14.3 Å². The largest absolute Gasteiger partial charge is 0.484 e. The van der Waals surface area contributed by atoms with Crippen LogP contribution < -0.4 is 10.1 Å². The monoisotopic (exact) mass is 353 g/mol. The summed E-state index contributed by atoms with van der Waals surface area (Å²) >= 11 is 0. The van der Waals surface area contributed by atoms with Crippen LogP contribution in [0.4, 0.5) is 0 Å². The highest BCUT2D eigenvalue weighted by Crippen LogP contribution is 2.14. The molecule has 6 heteroatoms. The molecule has 0 unspecified atom stereocenters. The van der Waals surface area contributed by atoms with Crippen LogP contribution in [0.2, 0.25) is 0 Å². The predicted molar refractivity (Wildman–Crippen MR) is 98.1 cm³/mol. The Morgan fingerprint density at radius 2 is 2.12 bits per heavy atom. The zero-order chi connectivity index (χ0) is 18.5. The Morgan fingerprint density at radius 3 is 2.85 bits per heavy atom. The fourth-order valence-corrected chi connectivity index (χ4v) is 2.96. The molecule has 0 saturated carbocycles. The van der Waals surface area contributed by atoms with Gasteiger partial charge < -0.3 is 15.0 Å². The third-order valence-electron chi connectivity index (χ3n) is 4.36. The van der Waals surface area contributed by atoms with Crippen LogP contribution >= 0.6 is 0 Å². The second-order valence-corrected chi connectivity index (χ2v) is 6.60. The lowest BCUT2D eigenvalue weighted by Gasteiger charge is -2.17. The molecule has 0 aliphatic carbocycles. The second kappa shape index (κ2) is 7.99. The Balaban J connectivity index is 1.47. The SMILES string of the molecule is Cc1cccc(OCC(=O)N[C@@H]2CCN(C(=O)c3ccc(C)nc3)C2)c1. The Morgan fingerprint density at radius 1 is 1.27 bits per heavy atom. The Hall–Kier alpha value is -2.89. The van der Waals surface area contributed by atoms with Crippen molar-refractivity contribution in [2.75, 3.05) is 19.7 Å². The molecule has 0 radical (unpaired) electrons. The molecular weight excluding hydrogens is 330 g/mol. The smallest absolute Gasteiger partial charge is 0.258 e. The number of ether oxygens (including phenoxy) is 1. The van der Waals surface area contributed by atoms with Gasteiger partial charge in [0.1, 0.15) is 5.75 Å². The molecular formula is C20H23N3O3. The number of pyridine rings is 1. The zero-order valence-corrected chi connectivity index (χ0v) is 15.1. The van der Waals surface area contributed by atoms with Crippen molar-refractivity contribution in [3.63, 3.8) is 0 Å². The van der Waals surface area contributed by atoms with Gasteiger partial charge in [-0.3, -0.25) is 14.6 Å². The van der Waals surface area contributed by atoms with E-state index in [-0.39, 0.29) is 24.5 Å². The summed E-state index contributed by atoms with van der Waals surface area (Å²) in [4.78, 5) is 30.5. The van der Waals surface area contributed by atoms with E-state index in [0.29, 0.717) is 24.4 Å². The van der Waals surface area contributed by atoms with Crippen LogP contribution in [0.1, 0.15) is 28.0 Å². The van der Waals surface area contributed by atoms with E-state index in [0.717, 1.165) is 17.7 Å². The minimum absolute atomic E-state index is 0.0320. The molecule has 1 aromatic carbocycles. The molecule has 1 aliphatic heterocycles. The summed E-state index contributed by atoms with van der Waals surface area (Å²) < 4.78 is 5.51. The van der Waals surface area contributed by atoms with Gasteiger partial charge in [-0.05, 0) is 50.1 Å². The number of benzene rings is 1. The topological polar surface area (TPSA) is 71.5 Å². The number of aromatic nitrogens is 1. The van der Waals surface area contributed by atoms with E-state index in [1.54, 1.807) is 17.2 Å². The number of rotatable bonds is 5. The molecule has 2 amide bonds. The highest BCUT2D eigenvalue weighted by atomic mass is 16.5. The maximum absolute atomic E-state index is 12.5. The molecule has 3 rings (SSSR count). The van der Waals surface area contributed by atoms with Crippen LogP contribution in [0.25, 0.3) is 0 Å². The fraction of sp³-hybridized carbons (Fsp3) is 0.350.